The standard InChI is InChI=1S/C31H32BrN5OS/c1-18(2)30(38)34-26-14-13-24(16-19(26)3)37-29(28(35-31(37)39)27-8-6-7-15-33-27)25-17-20(4)36(21(25)5)23-11-9-22(32)10-12-23/h6-18,28-29H,1-5H3,(H,34,38)(H,35,39)/t28-,29+/m0/s1. The van der Waals surface area contributed by atoms with Crippen LogP contribution < -0.4 is 15.5 Å². The van der Waals surface area contributed by atoms with Crippen molar-refractivity contribution in [3.63, 3.8) is 0 Å². The second-order valence-corrected chi connectivity index (χ2v) is 11.6. The molecule has 39 heavy (non-hydrogen) atoms. The molecule has 4 aromatic rings. The van der Waals surface area contributed by atoms with Crippen molar-refractivity contribution in [3.05, 3.63) is 106 Å². The first-order valence-electron chi connectivity index (χ1n) is 13.0. The summed E-state index contributed by atoms with van der Waals surface area (Å²) in [6, 6.07) is 22.4. The average Bonchev–Trinajstić information content (AvgIpc) is 3.41. The normalized spacial score (nSPS) is 17.0. The van der Waals surface area contributed by atoms with Gasteiger partial charge in [-0.3, -0.25) is 9.78 Å². The van der Waals surface area contributed by atoms with E-state index < -0.39 is 0 Å². The summed E-state index contributed by atoms with van der Waals surface area (Å²) in [5.74, 6) is -0.0957. The summed E-state index contributed by atoms with van der Waals surface area (Å²) < 4.78 is 3.33. The molecule has 2 aromatic heterocycles. The van der Waals surface area contributed by atoms with Gasteiger partial charge in [0.1, 0.15) is 0 Å². The number of pyridine rings is 1. The minimum Gasteiger partial charge on any atom is -0.351 e. The van der Waals surface area contributed by atoms with E-state index in [0.29, 0.717) is 5.11 Å². The Hall–Kier alpha value is -3.49. The molecule has 1 fully saturated rings. The first-order chi connectivity index (χ1) is 18.7. The van der Waals surface area contributed by atoms with Crippen LogP contribution in [0.4, 0.5) is 11.4 Å². The van der Waals surface area contributed by atoms with Crippen LogP contribution >= 0.6 is 28.1 Å². The second-order valence-electron chi connectivity index (χ2n) is 10.3. The number of hydrogen-bond donors (Lipinski definition) is 2. The van der Waals surface area contributed by atoms with Crippen LogP contribution in [0, 0.1) is 26.7 Å². The molecule has 8 heteroatoms. The summed E-state index contributed by atoms with van der Waals surface area (Å²) >= 11 is 9.50. The highest BCUT2D eigenvalue weighted by Gasteiger charge is 2.42. The van der Waals surface area contributed by atoms with E-state index in [1.165, 1.54) is 5.56 Å². The summed E-state index contributed by atoms with van der Waals surface area (Å²) in [7, 11) is 0. The fraction of sp³-hybridized carbons (Fsp3) is 0.258. The number of rotatable bonds is 6. The topological polar surface area (TPSA) is 62.2 Å². The van der Waals surface area contributed by atoms with Gasteiger partial charge in [0.2, 0.25) is 5.91 Å². The molecule has 0 spiro atoms. The maximum Gasteiger partial charge on any atom is 0.226 e. The fourth-order valence-electron chi connectivity index (χ4n) is 5.24. The summed E-state index contributed by atoms with van der Waals surface area (Å²) in [6.45, 7) is 10.1. The Morgan fingerprint density at radius 1 is 1.03 bits per heavy atom. The van der Waals surface area contributed by atoms with Crippen molar-refractivity contribution >= 4 is 50.5 Å². The molecule has 200 valence electrons. The Kier molecular flexibility index (Phi) is 7.60. The lowest BCUT2D eigenvalue weighted by atomic mass is 9.96. The minimum absolute atomic E-state index is 0.00214. The van der Waals surface area contributed by atoms with Crippen LogP contribution in [0.3, 0.4) is 0 Å². The predicted octanol–water partition coefficient (Wildman–Crippen LogP) is 7.33. The predicted molar refractivity (Wildman–Crippen MR) is 166 cm³/mol. The number of nitrogens with one attached hydrogen (secondary N) is 2. The van der Waals surface area contributed by atoms with Crippen LogP contribution in [0.1, 0.15) is 54.1 Å². The highest BCUT2D eigenvalue weighted by atomic mass is 79.9. The molecule has 6 nitrogen and oxygen atoms in total. The number of nitrogens with zero attached hydrogens (tertiary/aromatic N) is 3. The second kappa shape index (κ2) is 10.9. The number of aryl methyl sites for hydroxylation is 2. The quantitative estimate of drug-likeness (QED) is 0.226. The fourth-order valence-corrected chi connectivity index (χ4v) is 5.85. The van der Waals surface area contributed by atoms with Gasteiger partial charge in [-0.15, -0.1) is 0 Å². The molecule has 2 N–H and O–H groups in total. The third kappa shape index (κ3) is 5.23. The molecule has 2 aromatic carbocycles. The van der Waals surface area contributed by atoms with Crippen molar-refractivity contribution in [2.75, 3.05) is 10.2 Å². The van der Waals surface area contributed by atoms with Gasteiger partial charge in [0.25, 0.3) is 0 Å². The first-order valence-corrected chi connectivity index (χ1v) is 14.2. The zero-order valence-electron chi connectivity index (χ0n) is 22.7. The van der Waals surface area contributed by atoms with Gasteiger partial charge in [0.05, 0.1) is 17.8 Å². The molecule has 1 saturated heterocycles. The minimum atomic E-state index is -0.141. The molecule has 1 aliphatic heterocycles. The number of carbonyl (C=O) groups excluding carboxylic acids is 1. The molecule has 0 unspecified atom stereocenters. The molecular formula is C31H32BrN5OS. The van der Waals surface area contributed by atoms with E-state index in [-0.39, 0.29) is 23.9 Å². The number of anilines is 2. The first kappa shape index (κ1) is 27.1. The van der Waals surface area contributed by atoms with E-state index in [4.69, 9.17) is 17.2 Å². The van der Waals surface area contributed by atoms with Crippen LogP contribution in [0.25, 0.3) is 5.69 Å². The number of carbonyl (C=O) groups is 1. The van der Waals surface area contributed by atoms with Gasteiger partial charge in [-0.2, -0.15) is 0 Å². The van der Waals surface area contributed by atoms with Crippen molar-refractivity contribution in [2.45, 2.75) is 46.7 Å². The smallest absolute Gasteiger partial charge is 0.226 e. The van der Waals surface area contributed by atoms with Crippen LogP contribution in [0.15, 0.2) is 77.4 Å². The molecule has 3 heterocycles. The van der Waals surface area contributed by atoms with Gasteiger partial charge < -0.3 is 20.1 Å². The van der Waals surface area contributed by atoms with Crippen molar-refractivity contribution in [2.24, 2.45) is 5.92 Å². The van der Waals surface area contributed by atoms with E-state index >= 15 is 0 Å². The number of hydrogen-bond acceptors (Lipinski definition) is 3. The zero-order valence-corrected chi connectivity index (χ0v) is 25.1. The summed E-state index contributed by atoms with van der Waals surface area (Å²) in [4.78, 5) is 19.2. The molecule has 2 atom stereocenters. The van der Waals surface area contributed by atoms with Crippen molar-refractivity contribution in [3.8, 4) is 5.69 Å². The number of benzene rings is 2. The van der Waals surface area contributed by atoms with E-state index in [9.17, 15) is 4.79 Å². The Labute approximate surface area is 243 Å². The van der Waals surface area contributed by atoms with Crippen LogP contribution in [-0.2, 0) is 4.79 Å². The lowest BCUT2D eigenvalue weighted by molar-refractivity contribution is -0.118. The molecule has 0 bridgehead atoms. The highest BCUT2D eigenvalue weighted by molar-refractivity contribution is 9.10. The molecule has 0 saturated carbocycles. The number of halogens is 1. The van der Waals surface area contributed by atoms with Crippen molar-refractivity contribution < 1.29 is 4.79 Å². The van der Waals surface area contributed by atoms with Gasteiger partial charge in [0.15, 0.2) is 5.11 Å². The number of thiocarbonyl (C=S) groups is 1. The van der Waals surface area contributed by atoms with Crippen LogP contribution in [-0.4, -0.2) is 20.6 Å². The monoisotopic (exact) mass is 601 g/mol. The third-order valence-corrected chi connectivity index (χ3v) is 8.09. The van der Waals surface area contributed by atoms with E-state index in [1.807, 2.05) is 57.3 Å². The Balaban J connectivity index is 1.61. The van der Waals surface area contributed by atoms with Gasteiger partial charge in [-0.25, -0.2) is 0 Å². The maximum absolute atomic E-state index is 12.3. The summed E-state index contributed by atoms with van der Waals surface area (Å²) in [5, 5.41) is 7.24. The van der Waals surface area contributed by atoms with Gasteiger partial charge >= 0.3 is 0 Å². The van der Waals surface area contributed by atoms with Crippen molar-refractivity contribution in [1.82, 2.24) is 14.9 Å². The van der Waals surface area contributed by atoms with E-state index in [1.54, 1.807) is 0 Å². The molecule has 0 aliphatic carbocycles. The molecular weight excluding hydrogens is 570 g/mol. The Morgan fingerprint density at radius 2 is 1.74 bits per heavy atom. The van der Waals surface area contributed by atoms with E-state index in [0.717, 1.165) is 44.2 Å². The molecule has 1 aliphatic rings. The van der Waals surface area contributed by atoms with E-state index in [2.05, 4.69) is 86.3 Å². The summed E-state index contributed by atoms with van der Waals surface area (Å²) in [5.41, 5.74) is 8.25. The number of amides is 1. The van der Waals surface area contributed by atoms with Gasteiger partial charge in [-0.05, 0) is 105 Å². The van der Waals surface area contributed by atoms with Crippen LogP contribution in [0.2, 0.25) is 0 Å². The largest absolute Gasteiger partial charge is 0.351 e. The lowest BCUT2D eigenvalue weighted by Crippen LogP contribution is -2.29. The molecule has 0 radical (unpaired) electrons. The van der Waals surface area contributed by atoms with Crippen molar-refractivity contribution in [1.29, 1.82) is 0 Å². The lowest BCUT2D eigenvalue weighted by Gasteiger charge is -2.29. The SMILES string of the molecule is Cc1cc(N2C(=S)N[C@@H](c3ccccn3)[C@H]2c2cc(C)n(-c3ccc(Br)cc3)c2C)ccc1NC(=O)C(C)C. The van der Waals surface area contributed by atoms with Gasteiger partial charge in [-0.1, -0.05) is 35.8 Å². The maximum atomic E-state index is 12.3. The number of aromatic nitrogens is 2. The average molecular weight is 603 g/mol. The zero-order chi connectivity index (χ0) is 27.8. The molecule has 1 amide bonds. The highest BCUT2D eigenvalue weighted by Crippen LogP contribution is 2.44. The Bertz CT molecular complexity index is 1530. The third-order valence-electron chi connectivity index (χ3n) is 7.24. The Morgan fingerprint density at radius 3 is 2.38 bits per heavy atom. The van der Waals surface area contributed by atoms with Crippen LogP contribution in [0.5, 0.6) is 0 Å². The van der Waals surface area contributed by atoms with Gasteiger partial charge in [0, 0.05) is 45.0 Å². The summed E-state index contributed by atoms with van der Waals surface area (Å²) in [6.07, 6.45) is 1.82. The molecule has 5 rings (SSSR count).